The number of anilines is 1. The molecule has 9 heteroatoms. The first kappa shape index (κ1) is 12.9. The van der Waals surface area contributed by atoms with E-state index >= 15 is 0 Å². The molecular formula is C10H7N3O5S. The fourth-order valence-electron chi connectivity index (χ4n) is 1.32. The molecule has 8 nitrogen and oxygen atoms in total. The van der Waals surface area contributed by atoms with Crippen molar-refractivity contribution in [3.05, 3.63) is 28.3 Å². The number of non-ortho nitro benzene ring substituents is 1. The van der Waals surface area contributed by atoms with E-state index < -0.39 is 16.8 Å². The Morgan fingerprint density at radius 2 is 2.21 bits per heavy atom. The van der Waals surface area contributed by atoms with E-state index in [1.165, 1.54) is 18.2 Å². The molecule has 0 aliphatic heterocycles. The number of esters is 1. The summed E-state index contributed by atoms with van der Waals surface area (Å²) in [5, 5.41) is 13.0. The maximum absolute atomic E-state index is 11.3. The molecule has 1 N–H and O–H groups in total. The third kappa shape index (κ3) is 2.65. The van der Waals surface area contributed by atoms with Crippen LogP contribution in [0.15, 0.2) is 18.2 Å². The topological polar surface area (TPSA) is 111 Å². The van der Waals surface area contributed by atoms with Crippen molar-refractivity contribution in [2.24, 2.45) is 0 Å². The third-order valence-corrected chi connectivity index (χ3v) is 3.11. The van der Waals surface area contributed by atoms with Crippen molar-refractivity contribution in [2.45, 2.75) is 0 Å². The number of nitro groups is 1. The number of hydrogen-bond acceptors (Lipinski definition) is 7. The van der Waals surface area contributed by atoms with E-state index in [9.17, 15) is 19.7 Å². The van der Waals surface area contributed by atoms with Crippen molar-refractivity contribution < 1.29 is 19.2 Å². The Morgan fingerprint density at radius 3 is 2.84 bits per heavy atom. The van der Waals surface area contributed by atoms with E-state index in [0.717, 1.165) is 18.4 Å². The van der Waals surface area contributed by atoms with E-state index in [-0.39, 0.29) is 10.8 Å². The summed E-state index contributed by atoms with van der Waals surface area (Å²) in [7, 11) is 1.09. The molecule has 2 rings (SSSR count). The monoisotopic (exact) mass is 281 g/mol. The van der Waals surface area contributed by atoms with E-state index in [2.05, 4.69) is 15.0 Å². The van der Waals surface area contributed by atoms with Gasteiger partial charge in [0.05, 0.1) is 22.2 Å². The summed E-state index contributed by atoms with van der Waals surface area (Å²) < 4.78 is 4.78. The van der Waals surface area contributed by atoms with Crippen LogP contribution in [0, 0.1) is 10.1 Å². The quantitative estimate of drug-likeness (QED) is 0.384. The largest absolute Gasteiger partial charge is 0.462 e. The van der Waals surface area contributed by atoms with Crippen molar-refractivity contribution in [1.82, 2.24) is 4.98 Å². The van der Waals surface area contributed by atoms with Crippen LogP contribution in [-0.2, 0) is 14.3 Å². The van der Waals surface area contributed by atoms with Crippen LogP contribution in [-0.4, -0.2) is 28.9 Å². The lowest BCUT2D eigenvalue weighted by Gasteiger charge is -1.97. The van der Waals surface area contributed by atoms with Gasteiger partial charge in [0.15, 0.2) is 5.13 Å². The summed E-state index contributed by atoms with van der Waals surface area (Å²) in [4.78, 5) is 36.3. The Hall–Kier alpha value is -2.55. The summed E-state index contributed by atoms with van der Waals surface area (Å²) in [6.07, 6.45) is 0. The molecule has 0 saturated heterocycles. The highest BCUT2D eigenvalue weighted by atomic mass is 32.1. The minimum absolute atomic E-state index is 0.0676. The van der Waals surface area contributed by atoms with Gasteiger partial charge < -0.3 is 4.74 Å². The van der Waals surface area contributed by atoms with Gasteiger partial charge in [0.25, 0.3) is 5.69 Å². The van der Waals surface area contributed by atoms with Crippen molar-refractivity contribution in [3.8, 4) is 0 Å². The molecule has 1 heterocycles. The van der Waals surface area contributed by atoms with Gasteiger partial charge in [-0.05, 0) is 6.07 Å². The van der Waals surface area contributed by atoms with E-state index in [0.29, 0.717) is 10.2 Å². The van der Waals surface area contributed by atoms with Gasteiger partial charge in [-0.1, -0.05) is 11.3 Å². The normalized spacial score (nSPS) is 10.2. The van der Waals surface area contributed by atoms with Crippen LogP contribution in [0.1, 0.15) is 0 Å². The van der Waals surface area contributed by atoms with E-state index in [4.69, 9.17) is 0 Å². The Bertz CT molecular complexity index is 681. The maximum Gasteiger partial charge on any atom is 0.396 e. The van der Waals surface area contributed by atoms with E-state index in [1.807, 2.05) is 0 Å². The summed E-state index contributed by atoms with van der Waals surface area (Å²) in [6.45, 7) is 0. The van der Waals surface area contributed by atoms with Gasteiger partial charge in [-0.15, -0.1) is 0 Å². The number of carbonyl (C=O) groups excluding carboxylic acids is 2. The number of thiazole rings is 1. The first-order chi connectivity index (χ1) is 9.01. The van der Waals surface area contributed by atoms with Crippen molar-refractivity contribution in [2.75, 3.05) is 12.4 Å². The number of rotatable bonds is 2. The summed E-state index contributed by atoms with van der Waals surface area (Å²) in [6, 6.07) is 4.13. The number of ether oxygens (including phenoxy) is 1. The molecule has 0 bridgehead atoms. The van der Waals surface area contributed by atoms with Gasteiger partial charge in [-0.25, -0.2) is 9.78 Å². The van der Waals surface area contributed by atoms with Crippen LogP contribution >= 0.6 is 11.3 Å². The molecule has 1 aromatic heterocycles. The zero-order valence-electron chi connectivity index (χ0n) is 9.58. The highest BCUT2D eigenvalue weighted by Gasteiger charge is 2.17. The molecule has 1 aromatic carbocycles. The van der Waals surface area contributed by atoms with Gasteiger partial charge in [0.2, 0.25) is 0 Å². The van der Waals surface area contributed by atoms with E-state index in [1.54, 1.807) is 0 Å². The molecule has 19 heavy (non-hydrogen) atoms. The smallest absolute Gasteiger partial charge is 0.396 e. The summed E-state index contributed by atoms with van der Waals surface area (Å²) in [5.41, 5.74) is 0.428. The second-order valence-corrected chi connectivity index (χ2v) is 4.40. The molecule has 0 aliphatic rings. The number of carbonyl (C=O) groups is 2. The number of fused-ring (bicyclic) bond motifs is 1. The minimum Gasteiger partial charge on any atom is -0.462 e. The Morgan fingerprint density at radius 1 is 1.47 bits per heavy atom. The molecular weight excluding hydrogens is 274 g/mol. The average molecular weight is 281 g/mol. The van der Waals surface area contributed by atoms with Crippen molar-refractivity contribution >= 4 is 44.2 Å². The number of nitrogens with zero attached hydrogens (tertiary/aromatic N) is 2. The van der Waals surface area contributed by atoms with Crippen LogP contribution in [0.4, 0.5) is 10.8 Å². The molecule has 0 saturated carbocycles. The molecule has 0 radical (unpaired) electrons. The molecule has 0 fully saturated rings. The number of amides is 1. The lowest BCUT2D eigenvalue weighted by Crippen LogP contribution is -2.23. The molecule has 2 aromatic rings. The lowest BCUT2D eigenvalue weighted by atomic mass is 10.3. The number of aromatic nitrogens is 1. The minimum atomic E-state index is -1.04. The van der Waals surface area contributed by atoms with Gasteiger partial charge in [0, 0.05) is 12.1 Å². The molecule has 0 unspecified atom stereocenters. The number of nitrogens with one attached hydrogen (secondary N) is 1. The Balaban J connectivity index is 2.29. The summed E-state index contributed by atoms with van der Waals surface area (Å²) >= 11 is 1.03. The fraction of sp³-hybridized carbons (Fsp3) is 0.100. The third-order valence-electron chi connectivity index (χ3n) is 2.17. The number of nitro benzene ring substituents is 1. The highest BCUT2D eigenvalue weighted by Crippen LogP contribution is 2.28. The van der Waals surface area contributed by atoms with Crippen LogP contribution in [0.2, 0.25) is 0 Å². The van der Waals surface area contributed by atoms with Crippen LogP contribution in [0.3, 0.4) is 0 Å². The number of hydrogen-bond donors (Lipinski definition) is 1. The maximum atomic E-state index is 11.3. The average Bonchev–Trinajstić information content (AvgIpc) is 2.78. The molecule has 98 valence electrons. The Labute approximate surface area is 110 Å². The second kappa shape index (κ2) is 4.98. The Kier molecular flexibility index (Phi) is 3.38. The van der Waals surface area contributed by atoms with Gasteiger partial charge >= 0.3 is 11.9 Å². The van der Waals surface area contributed by atoms with Crippen molar-refractivity contribution in [3.63, 3.8) is 0 Å². The van der Waals surface area contributed by atoms with Crippen molar-refractivity contribution in [1.29, 1.82) is 0 Å². The van der Waals surface area contributed by atoms with Crippen LogP contribution in [0.5, 0.6) is 0 Å². The predicted molar refractivity (Wildman–Crippen MR) is 66.9 cm³/mol. The van der Waals surface area contributed by atoms with Crippen LogP contribution in [0.25, 0.3) is 10.2 Å². The first-order valence-electron chi connectivity index (χ1n) is 4.95. The second-order valence-electron chi connectivity index (χ2n) is 3.37. The number of benzene rings is 1. The van der Waals surface area contributed by atoms with Crippen LogP contribution < -0.4 is 5.32 Å². The molecule has 0 atom stereocenters. The molecule has 0 aliphatic carbocycles. The standard InChI is InChI=1S/C10H7N3O5S/c1-18-9(15)8(14)12-10-11-6-3-2-5(13(16)17)4-7(6)19-10/h2-4H,1H3,(H,11,12,14). The highest BCUT2D eigenvalue weighted by molar-refractivity contribution is 7.22. The molecule has 0 spiro atoms. The zero-order valence-corrected chi connectivity index (χ0v) is 10.4. The first-order valence-corrected chi connectivity index (χ1v) is 5.77. The SMILES string of the molecule is COC(=O)C(=O)Nc1nc2ccc([N+](=O)[O-])cc2s1. The van der Waals surface area contributed by atoms with Gasteiger partial charge in [-0.3, -0.25) is 20.2 Å². The predicted octanol–water partition coefficient (Wildman–Crippen LogP) is 1.32. The lowest BCUT2D eigenvalue weighted by molar-refractivity contribution is -0.384. The van der Waals surface area contributed by atoms with Gasteiger partial charge in [0.1, 0.15) is 0 Å². The van der Waals surface area contributed by atoms with Gasteiger partial charge in [-0.2, -0.15) is 0 Å². The summed E-state index contributed by atoms with van der Waals surface area (Å²) in [5.74, 6) is -1.98. The number of methoxy groups -OCH3 is 1. The zero-order chi connectivity index (χ0) is 14.0. The fourth-order valence-corrected chi connectivity index (χ4v) is 2.22. The molecule has 1 amide bonds.